The zero-order chi connectivity index (χ0) is 48.1. The van der Waals surface area contributed by atoms with Gasteiger partial charge in [-0.25, -0.2) is 9.37 Å². The van der Waals surface area contributed by atoms with Crippen LogP contribution in [0.2, 0.25) is 6.82 Å². The van der Waals surface area contributed by atoms with E-state index in [1.165, 1.54) is 26.3 Å². The third-order valence-electron chi connectivity index (χ3n) is 5.66. The van der Waals surface area contributed by atoms with Gasteiger partial charge in [0.1, 0.15) is 19.9 Å². The number of rotatable bonds is 5. The third kappa shape index (κ3) is 41.1. The number of ether oxygens (including phenoxy) is 1. The van der Waals surface area contributed by atoms with Gasteiger partial charge in [0.05, 0.1) is 24.8 Å². The number of hydrazone groups is 1. The number of nitrogens with zero attached hydrogens (tertiary/aromatic N) is 8. The molecule has 0 unspecified atom stereocenters. The van der Waals surface area contributed by atoms with Crippen LogP contribution < -0.4 is 29.1 Å². The number of aromatic nitrogens is 4. The lowest BCUT2D eigenvalue weighted by molar-refractivity contribution is -0.457. The number of ketones is 1. The van der Waals surface area contributed by atoms with Gasteiger partial charge < -0.3 is 36.6 Å². The average Bonchev–Trinajstić information content (AvgIpc) is 3.66. The second kappa shape index (κ2) is 42.0. The molecule has 6 radical (unpaired) electrons. The molecule has 27 heteroatoms. The van der Waals surface area contributed by atoms with Gasteiger partial charge in [-0.05, 0) is 61.5 Å². The second-order valence-electron chi connectivity index (χ2n) is 11.5. The predicted octanol–water partition coefficient (Wildman–Crippen LogP) is 1.05. The number of halogens is 9. The summed E-state index contributed by atoms with van der Waals surface area (Å²) in [5, 5.41) is 11.9. The Morgan fingerprint density at radius 1 is 0.983 bits per heavy atom. The Kier molecular flexibility index (Phi) is 49.7. The summed E-state index contributed by atoms with van der Waals surface area (Å²) in [5.41, 5.74) is 10.7. The standard InChI is InChI=1S/C14H18F6N4O2.C6H8N2O.C4H10N2.C3H7ClN.C3H6O.CH3B.CH6N2.CH4.BF.BH.ClH/c1-9-10(7-22(2)21-9)8-23-3-5-24(6-4-23)12(25)26-11(13(15,16)17)14(18,19)20;1-5-6(4-9)3-8(2)7-5;1-4(2)6-5-3;1-5(2)3-4;1-3(2)4;1-2;1-3-2;;1-2;;/h7,11H,3-6,8H2,1-2H3;3-4H,1-2H3;5H,1-3H3;3H,1-2H3;1-2H3;1H3;3H,2H2,1H3;1H4;;2*1H/q;;;+1;;;;;;;/p-1/i;;;;;;;;;1D;. The molecule has 0 spiro atoms. The molecule has 2 aromatic rings. The average molecular weight is 915 g/mol. The van der Waals surface area contributed by atoms with Crippen molar-refractivity contribution in [1.82, 2.24) is 40.2 Å². The van der Waals surface area contributed by atoms with Crippen molar-refractivity contribution in [2.24, 2.45) is 25.0 Å². The van der Waals surface area contributed by atoms with Crippen LogP contribution >= 0.6 is 11.6 Å². The number of hydrogen-bond donors (Lipinski definition) is 3. The molecular formula is C33H63B3Cl2F7N11O4. The maximum absolute atomic E-state index is 12.5. The number of alkyl halides is 6. The molecule has 0 atom stereocenters. The number of hydrazine groups is 1. The summed E-state index contributed by atoms with van der Waals surface area (Å²) in [6.07, 6.45) is -12.8. The smallest absolute Gasteiger partial charge is 0.434 e. The Labute approximate surface area is 368 Å². The van der Waals surface area contributed by atoms with Crippen LogP contribution in [-0.2, 0) is 30.2 Å². The first kappa shape index (κ1) is 70.9. The molecule has 2 aromatic heterocycles. The first-order valence-corrected chi connectivity index (χ1v) is 16.9. The number of carbonyl (C=O) groups is 3. The molecule has 0 aromatic carbocycles. The predicted molar refractivity (Wildman–Crippen MR) is 224 cm³/mol. The summed E-state index contributed by atoms with van der Waals surface area (Å²) in [4.78, 5) is 34.1. The summed E-state index contributed by atoms with van der Waals surface area (Å²) in [5.74, 6) is 4.76. The van der Waals surface area contributed by atoms with Crippen molar-refractivity contribution in [2.45, 2.75) is 80.8 Å². The van der Waals surface area contributed by atoms with E-state index >= 15 is 0 Å². The fourth-order valence-electron chi connectivity index (χ4n) is 3.59. The molecule has 60 heavy (non-hydrogen) atoms. The normalized spacial score (nSPS) is 11.1. The van der Waals surface area contributed by atoms with Crippen molar-refractivity contribution in [2.75, 3.05) is 54.4 Å². The lowest BCUT2D eigenvalue weighted by atomic mass is 10.2. The zero-order valence-electron chi connectivity index (χ0n) is 36.8. The van der Waals surface area contributed by atoms with E-state index in [-0.39, 0.29) is 38.7 Å². The Morgan fingerprint density at radius 3 is 1.57 bits per heavy atom. The highest BCUT2D eigenvalue weighted by Crippen LogP contribution is 2.36. The fourth-order valence-corrected chi connectivity index (χ4v) is 3.59. The van der Waals surface area contributed by atoms with Crippen molar-refractivity contribution >= 4 is 65.5 Å². The van der Waals surface area contributed by atoms with Crippen molar-refractivity contribution in [1.29, 1.82) is 1.34 Å². The Balaban J connectivity index is -0.000000110. The van der Waals surface area contributed by atoms with Crippen LogP contribution in [0.1, 0.15) is 62.4 Å². The molecule has 1 saturated heterocycles. The molecule has 4 N–H and O–H groups in total. The van der Waals surface area contributed by atoms with Crippen LogP contribution in [0.3, 0.4) is 0 Å². The SMILES string of the molecule is C.CC(C)=O.CNN.CNN=C(C)C.C[N+](C)=CCl.Cc1nn(C)cc1C=O.Cc1nn(C)cc1CN1CCN(C(=O)OC(C(F)(F)F)C(F)(F)F)CC1.[2H][B].[B]C.[B]F.[Cl-]. The van der Waals surface area contributed by atoms with E-state index in [2.05, 4.69) is 61.1 Å². The highest BCUT2D eigenvalue weighted by atomic mass is 35.5. The minimum atomic E-state index is -5.71. The van der Waals surface area contributed by atoms with Crippen molar-refractivity contribution in [3.8, 4) is 0 Å². The van der Waals surface area contributed by atoms with Crippen molar-refractivity contribution in [3.05, 3.63) is 34.9 Å². The van der Waals surface area contributed by atoms with E-state index in [4.69, 9.17) is 17.3 Å². The maximum atomic E-state index is 12.5. The molecule has 1 aliphatic rings. The Morgan fingerprint density at radius 2 is 1.35 bits per heavy atom. The molecule has 3 rings (SSSR count). The molecule has 15 nitrogen and oxygen atoms in total. The number of Topliss-reactive ketones (excluding diaryl/α,β-unsaturated/α-hetero) is 1. The summed E-state index contributed by atoms with van der Waals surface area (Å²) < 4.78 is 97.7. The number of aryl methyl sites for hydroxylation is 4. The van der Waals surface area contributed by atoms with Crippen LogP contribution in [0.25, 0.3) is 0 Å². The van der Waals surface area contributed by atoms with Crippen LogP contribution in [0.15, 0.2) is 17.5 Å². The van der Waals surface area contributed by atoms with Gasteiger partial charge in [0, 0.05) is 85.9 Å². The zero-order valence-corrected chi connectivity index (χ0v) is 37.4. The summed E-state index contributed by atoms with van der Waals surface area (Å²) in [6, 6.07) is 0. The van der Waals surface area contributed by atoms with E-state index in [1.807, 2.05) is 52.9 Å². The first-order valence-electron chi connectivity index (χ1n) is 17.1. The quantitative estimate of drug-likeness (QED) is 0.0751. The van der Waals surface area contributed by atoms with Crippen LogP contribution in [0.4, 0.5) is 35.5 Å². The monoisotopic (exact) mass is 914 g/mol. The number of amides is 1. The van der Waals surface area contributed by atoms with Gasteiger partial charge in [0.25, 0.3) is 6.10 Å². The van der Waals surface area contributed by atoms with E-state index in [0.717, 1.165) is 33.8 Å². The number of hydrogen-bond acceptors (Lipinski definition) is 11. The topological polar surface area (TPSA) is 168 Å². The maximum Gasteiger partial charge on any atom is 0.434 e. The molecule has 1 amide bonds. The first-order chi connectivity index (χ1) is 27.3. The molecule has 3 heterocycles. The summed E-state index contributed by atoms with van der Waals surface area (Å²) in [7, 11) is 22.0. The molecule has 346 valence electrons. The van der Waals surface area contributed by atoms with Crippen molar-refractivity contribution < 1.29 is 66.8 Å². The second-order valence-corrected chi connectivity index (χ2v) is 11.7. The minimum absolute atomic E-state index is 0. The largest absolute Gasteiger partial charge is 1.00 e. The van der Waals surface area contributed by atoms with Gasteiger partial charge in [-0.2, -0.15) is 41.6 Å². The van der Waals surface area contributed by atoms with E-state index < -0.39 is 24.5 Å². The summed E-state index contributed by atoms with van der Waals surface area (Å²) >= 11 is 5.14. The van der Waals surface area contributed by atoms with Gasteiger partial charge in [-0.1, -0.05) is 14.2 Å². The van der Waals surface area contributed by atoms with Gasteiger partial charge in [-0.3, -0.25) is 30.3 Å². The van der Waals surface area contributed by atoms with Gasteiger partial charge in [0.15, 0.2) is 6.29 Å². The van der Waals surface area contributed by atoms with Gasteiger partial charge >= 0.3 is 26.6 Å². The molecule has 1 fully saturated rings. The van der Waals surface area contributed by atoms with E-state index in [1.54, 1.807) is 48.3 Å². The Bertz CT molecular complexity index is 1410. The highest BCUT2D eigenvalue weighted by Gasteiger charge is 2.60. The Hall–Kier alpha value is -3.67. The molecule has 0 aliphatic carbocycles. The van der Waals surface area contributed by atoms with Crippen LogP contribution in [0.5, 0.6) is 0 Å². The summed E-state index contributed by atoms with van der Waals surface area (Å²) in [6.45, 7) is 13.1. The number of carbonyl (C=O) groups excluding carboxylic acids is 3. The van der Waals surface area contributed by atoms with E-state index in [0.29, 0.717) is 25.2 Å². The minimum Gasteiger partial charge on any atom is -1.00 e. The number of piperazine rings is 1. The fraction of sp³-hybridized carbons (Fsp3) is 0.667. The molecule has 0 saturated carbocycles. The molecule has 1 aliphatic heterocycles. The van der Waals surface area contributed by atoms with Gasteiger partial charge in [-0.15, -0.1) is 0 Å². The molecular weight excluding hydrogens is 851 g/mol. The lowest BCUT2D eigenvalue weighted by Crippen LogP contribution is -3.00. The molecule has 0 bridgehead atoms. The number of nitrogens with two attached hydrogens (primary N) is 1. The van der Waals surface area contributed by atoms with E-state index in [9.17, 15) is 40.7 Å². The van der Waals surface area contributed by atoms with Gasteiger partial charge in [0.2, 0.25) is 5.67 Å². The highest BCUT2D eigenvalue weighted by molar-refractivity contribution is 6.54. The van der Waals surface area contributed by atoms with Crippen LogP contribution in [0, 0.1) is 13.8 Å². The lowest BCUT2D eigenvalue weighted by Gasteiger charge is -2.35. The van der Waals surface area contributed by atoms with Crippen LogP contribution in [-0.4, -0.2) is 162 Å². The van der Waals surface area contributed by atoms with Crippen molar-refractivity contribution in [3.63, 3.8) is 0 Å². The third-order valence-corrected chi connectivity index (χ3v) is 6.05. The number of aldehydes is 1. The number of nitrogens with one attached hydrogen (secondary N) is 2.